The maximum Gasteiger partial charge on any atom is 0.326 e. The van der Waals surface area contributed by atoms with Gasteiger partial charge < -0.3 is 5.32 Å². The van der Waals surface area contributed by atoms with Crippen LogP contribution >= 0.6 is 0 Å². The molecule has 2 aromatic rings. The lowest BCUT2D eigenvalue weighted by atomic mass is 9.90. The molecule has 5 heteroatoms. The number of nitrogens with zero attached hydrogens (tertiary/aromatic N) is 2. The average Bonchev–Trinajstić information content (AvgIpc) is 2.90. The first-order valence-electron chi connectivity index (χ1n) is 10.5. The summed E-state index contributed by atoms with van der Waals surface area (Å²) in [7, 11) is 1.98. The zero-order valence-corrected chi connectivity index (χ0v) is 17.0. The van der Waals surface area contributed by atoms with Crippen LogP contribution in [0.4, 0.5) is 4.79 Å². The van der Waals surface area contributed by atoms with Gasteiger partial charge in [0.1, 0.15) is 5.54 Å². The molecule has 1 spiro atoms. The molecule has 0 atom stereocenters. The fraction of sp³-hybridized carbons (Fsp3) is 0.417. The highest BCUT2D eigenvalue weighted by Gasteiger charge is 2.51. The van der Waals surface area contributed by atoms with Gasteiger partial charge in [-0.15, -0.1) is 0 Å². The largest absolute Gasteiger partial charge is 0.326 e. The van der Waals surface area contributed by atoms with Crippen molar-refractivity contribution in [2.24, 2.45) is 0 Å². The number of carbonyl (C=O) groups is 2. The van der Waals surface area contributed by atoms with Crippen molar-refractivity contribution in [2.45, 2.75) is 50.1 Å². The normalized spacial score (nSPS) is 19.1. The number of hydrogen-bond donors (Lipinski definition) is 1. The molecule has 4 rings (SSSR count). The van der Waals surface area contributed by atoms with Crippen LogP contribution in [0.2, 0.25) is 0 Å². The summed E-state index contributed by atoms with van der Waals surface area (Å²) in [4.78, 5) is 29.5. The van der Waals surface area contributed by atoms with Gasteiger partial charge in [0.15, 0.2) is 0 Å². The number of urea groups is 1. The molecule has 2 aliphatic rings. The Morgan fingerprint density at radius 3 is 1.93 bits per heavy atom. The second-order valence-corrected chi connectivity index (χ2v) is 8.28. The van der Waals surface area contributed by atoms with Crippen LogP contribution in [0.5, 0.6) is 0 Å². The van der Waals surface area contributed by atoms with E-state index in [1.165, 1.54) is 4.90 Å². The van der Waals surface area contributed by atoms with Crippen molar-refractivity contribution in [3.8, 4) is 0 Å². The Kier molecular flexibility index (Phi) is 5.67. The molecule has 1 N–H and O–H groups in total. The molecule has 152 valence electrons. The summed E-state index contributed by atoms with van der Waals surface area (Å²) < 4.78 is 0. The minimum absolute atomic E-state index is 0.0383. The fourth-order valence-electron chi connectivity index (χ4n) is 4.75. The molecule has 1 aliphatic heterocycles. The Hall–Kier alpha value is -2.66. The van der Waals surface area contributed by atoms with Gasteiger partial charge in [-0.2, -0.15) is 0 Å². The SMILES string of the molecule is CN(CN1C(=O)NC2(CCCCCC2)C1=O)C(c1ccccc1)c1ccccc1. The summed E-state index contributed by atoms with van der Waals surface area (Å²) in [6.07, 6.45) is 5.75. The Bertz CT molecular complexity index is 805. The van der Waals surface area contributed by atoms with Crippen LogP contribution in [-0.2, 0) is 4.79 Å². The molecule has 3 amide bonds. The quantitative estimate of drug-likeness (QED) is 0.773. The molecule has 0 radical (unpaired) electrons. The van der Waals surface area contributed by atoms with E-state index in [2.05, 4.69) is 34.5 Å². The zero-order valence-electron chi connectivity index (χ0n) is 17.0. The van der Waals surface area contributed by atoms with Crippen molar-refractivity contribution < 1.29 is 9.59 Å². The lowest BCUT2D eigenvalue weighted by molar-refractivity contribution is -0.133. The van der Waals surface area contributed by atoms with Crippen LogP contribution in [-0.4, -0.2) is 41.0 Å². The molecule has 1 saturated carbocycles. The van der Waals surface area contributed by atoms with Crippen molar-refractivity contribution in [3.63, 3.8) is 0 Å². The van der Waals surface area contributed by atoms with E-state index in [-0.39, 0.29) is 24.6 Å². The second-order valence-electron chi connectivity index (χ2n) is 8.28. The van der Waals surface area contributed by atoms with E-state index >= 15 is 0 Å². The summed E-state index contributed by atoms with van der Waals surface area (Å²) in [6.45, 7) is 0.265. The molecule has 1 heterocycles. The number of nitrogens with one attached hydrogen (secondary N) is 1. The standard InChI is InChI=1S/C24H29N3O2/c1-26(21(19-12-6-4-7-13-19)20-14-8-5-9-15-20)18-27-22(28)24(25-23(27)29)16-10-2-3-11-17-24/h4-9,12-15,21H,2-3,10-11,16-18H2,1H3,(H,25,29). The highest BCUT2D eigenvalue weighted by atomic mass is 16.2. The number of benzene rings is 2. The van der Waals surface area contributed by atoms with Gasteiger partial charge in [0.05, 0.1) is 12.7 Å². The van der Waals surface area contributed by atoms with Gasteiger partial charge >= 0.3 is 6.03 Å². The van der Waals surface area contributed by atoms with Crippen LogP contribution in [0.3, 0.4) is 0 Å². The predicted molar refractivity (Wildman–Crippen MR) is 113 cm³/mol. The molecule has 5 nitrogen and oxygen atoms in total. The van der Waals surface area contributed by atoms with E-state index in [4.69, 9.17) is 0 Å². The van der Waals surface area contributed by atoms with Crippen molar-refractivity contribution in [2.75, 3.05) is 13.7 Å². The molecule has 29 heavy (non-hydrogen) atoms. The minimum Gasteiger partial charge on any atom is -0.323 e. The van der Waals surface area contributed by atoms with Gasteiger partial charge in [-0.3, -0.25) is 9.69 Å². The molecular formula is C24H29N3O2. The van der Waals surface area contributed by atoms with E-state index in [1.54, 1.807) is 0 Å². The van der Waals surface area contributed by atoms with Gasteiger partial charge in [-0.25, -0.2) is 9.69 Å². The Morgan fingerprint density at radius 2 is 1.41 bits per heavy atom. The van der Waals surface area contributed by atoms with Gasteiger partial charge in [-0.05, 0) is 31.0 Å². The molecular weight excluding hydrogens is 362 g/mol. The molecule has 1 saturated heterocycles. The third-order valence-electron chi connectivity index (χ3n) is 6.24. The summed E-state index contributed by atoms with van der Waals surface area (Å²) in [5.74, 6) is -0.0591. The number of amides is 3. The van der Waals surface area contributed by atoms with Crippen LogP contribution < -0.4 is 5.32 Å². The number of rotatable bonds is 5. The van der Waals surface area contributed by atoms with E-state index in [0.29, 0.717) is 0 Å². The summed E-state index contributed by atoms with van der Waals surface area (Å²) in [6, 6.07) is 20.1. The van der Waals surface area contributed by atoms with Gasteiger partial charge in [0, 0.05) is 0 Å². The van der Waals surface area contributed by atoms with Crippen LogP contribution in [0, 0.1) is 0 Å². The first kappa shape index (κ1) is 19.6. The highest BCUT2D eigenvalue weighted by Crippen LogP contribution is 2.34. The summed E-state index contributed by atoms with van der Waals surface area (Å²) in [5, 5.41) is 3.04. The number of imide groups is 1. The average molecular weight is 392 g/mol. The number of hydrogen-bond acceptors (Lipinski definition) is 3. The van der Waals surface area contributed by atoms with Crippen molar-refractivity contribution in [3.05, 3.63) is 71.8 Å². The van der Waals surface area contributed by atoms with E-state index < -0.39 is 5.54 Å². The van der Waals surface area contributed by atoms with E-state index in [0.717, 1.165) is 49.7 Å². The van der Waals surface area contributed by atoms with Crippen molar-refractivity contribution >= 4 is 11.9 Å². The third-order valence-corrected chi connectivity index (χ3v) is 6.24. The van der Waals surface area contributed by atoms with Crippen LogP contribution in [0.1, 0.15) is 55.7 Å². The first-order valence-corrected chi connectivity index (χ1v) is 10.5. The Balaban J connectivity index is 1.58. The van der Waals surface area contributed by atoms with Crippen molar-refractivity contribution in [1.82, 2.24) is 15.1 Å². The molecule has 0 bridgehead atoms. The van der Waals surface area contributed by atoms with Crippen molar-refractivity contribution in [1.29, 1.82) is 0 Å². The summed E-state index contributed by atoms with van der Waals surface area (Å²) >= 11 is 0. The van der Waals surface area contributed by atoms with Crippen LogP contribution in [0.25, 0.3) is 0 Å². The molecule has 2 fully saturated rings. The zero-order chi connectivity index (χ0) is 20.3. The topological polar surface area (TPSA) is 52.6 Å². The van der Waals surface area contributed by atoms with Crippen LogP contribution in [0.15, 0.2) is 60.7 Å². The third kappa shape index (κ3) is 3.92. The van der Waals surface area contributed by atoms with E-state index in [9.17, 15) is 9.59 Å². The predicted octanol–water partition coefficient (Wildman–Crippen LogP) is 4.31. The first-order chi connectivity index (χ1) is 14.1. The van der Waals surface area contributed by atoms with Gasteiger partial charge in [0.25, 0.3) is 5.91 Å². The monoisotopic (exact) mass is 391 g/mol. The lowest BCUT2D eigenvalue weighted by Gasteiger charge is -2.32. The number of carbonyl (C=O) groups excluding carboxylic acids is 2. The maximum atomic E-state index is 13.3. The second kappa shape index (κ2) is 8.37. The Morgan fingerprint density at radius 1 is 0.897 bits per heavy atom. The molecule has 0 unspecified atom stereocenters. The van der Waals surface area contributed by atoms with E-state index in [1.807, 2.05) is 43.4 Å². The smallest absolute Gasteiger partial charge is 0.323 e. The molecule has 2 aromatic carbocycles. The lowest BCUT2D eigenvalue weighted by Crippen LogP contribution is -2.47. The summed E-state index contributed by atoms with van der Waals surface area (Å²) in [5.41, 5.74) is 1.58. The highest BCUT2D eigenvalue weighted by molar-refractivity contribution is 6.07. The minimum atomic E-state index is -0.691. The van der Waals surface area contributed by atoms with Gasteiger partial charge in [0.2, 0.25) is 0 Å². The van der Waals surface area contributed by atoms with Gasteiger partial charge in [-0.1, -0.05) is 86.3 Å². The fourth-order valence-corrected chi connectivity index (χ4v) is 4.75. The Labute approximate surface area is 172 Å². The molecule has 0 aromatic heterocycles. The molecule has 1 aliphatic carbocycles. The maximum absolute atomic E-state index is 13.3.